The normalized spacial score (nSPS) is 13.1. The molecule has 0 aliphatic heterocycles. The van der Waals surface area contributed by atoms with Gasteiger partial charge in [0.1, 0.15) is 0 Å². The molecule has 0 aromatic carbocycles. The molecule has 1 atom stereocenters. The number of rotatable bonds is 5. The van der Waals surface area contributed by atoms with E-state index in [1.165, 1.54) is 0 Å². The predicted octanol–water partition coefficient (Wildman–Crippen LogP) is 2.25. The molecule has 0 bridgehead atoms. The van der Waals surface area contributed by atoms with Crippen molar-refractivity contribution < 1.29 is 5.11 Å². The van der Waals surface area contributed by atoms with Crippen molar-refractivity contribution in [2.24, 2.45) is 7.05 Å². The molecule has 1 heterocycles. The van der Waals surface area contributed by atoms with Gasteiger partial charge in [-0.3, -0.25) is 4.68 Å². The van der Waals surface area contributed by atoms with Crippen LogP contribution in [0.15, 0.2) is 6.20 Å². The Morgan fingerprint density at radius 1 is 1.71 bits per heavy atom. The second-order valence-corrected chi connectivity index (χ2v) is 4.54. The number of halogens is 1. The van der Waals surface area contributed by atoms with Gasteiger partial charge in [0.2, 0.25) is 0 Å². The summed E-state index contributed by atoms with van der Waals surface area (Å²) in [4.78, 5) is 0. The number of thioether (sulfide) groups is 1. The van der Waals surface area contributed by atoms with Crippen molar-refractivity contribution in [3.63, 3.8) is 0 Å². The highest BCUT2D eigenvalue weighted by Crippen LogP contribution is 2.25. The Kier molecular flexibility index (Phi) is 4.78. The summed E-state index contributed by atoms with van der Waals surface area (Å²) in [6, 6.07) is 0. The van der Waals surface area contributed by atoms with Crippen LogP contribution >= 0.6 is 23.4 Å². The molecule has 1 aromatic rings. The summed E-state index contributed by atoms with van der Waals surface area (Å²) < 4.78 is 1.63. The van der Waals surface area contributed by atoms with E-state index in [0.29, 0.717) is 10.7 Å². The number of hydrogen-bond donors (Lipinski definition) is 1. The van der Waals surface area contributed by atoms with Gasteiger partial charge < -0.3 is 5.11 Å². The molecule has 14 heavy (non-hydrogen) atoms. The minimum atomic E-state index is -0.498. The van der Waals surface area contributed by atoms with E-state index in [1.807, 2.05) is 0 Å². The minimum absolute atomic E-state index is 0.498. The molecule has 0 aliphatic rings. The highest BCUT2D eigenvalue weighted by atomic mass is 35.5. The fourth-order valence-electron chi connectivity index (χ4n) is 1.35. The molecule has 0 amide bonds. The predicted molar refractivity (Wildman–Crippen MR) is 60.8 cm³/mol. The standard InChI is InChI=1S/C9H15ClN2OS/c1-12-9(7(10)6-11-12)8(13)4-3-5-14-2/h6,8,13H,3-5H2,1-2H3. The second kappa shape index (κ2) is 5.63. The maximum atomic E-state index is 9.84. The Bertz CT molecular complexity index is 271. The maximum Gasteiger partial charge on any atom is 0.0972 e. The second-order valence-electron chi connectivity index (χ2n) is 3.15. The molecule has 80 valence electrons. The average molecular weight is 235 g/mol. The van der Waals surface area contributed by atoms with E-state index in [-0.39, 0.29) is 0 Å². The van der Waals surface area contributed by atoms with Gasteiger partial charge in [-0.25, -0.2) is 0 Å². The van der Waals surface area contributed by atoms with Gasteiger partial charge in [0.15, 0.2) is 0 Å². The van der Waals surface area contributed by atoms with Crippen molar-refractivity contribution in [2.75, 3.05) is 12.0 Å². The maximum absolute atomic E-state index is 9.84. The molecule has 0 saturated heterocycles. The van der Waals surface area contributed by atoms with E-state index in [0.717, 1.165) is 18.6 Å². The van der Waals surface area contributed by atoms with Crippen LogP contribution in [0.1, 0.15) is 24.6 Å². The quantitative estimate of drug-likeness (QED) is 0.795. The first kappa shape index (κ1) is 11.9. The van der Waals surface area contributed by atoms with Crippen LogP contribution in [0, 0.1) is 0 Å². The number of aliphatic hydroxyl groups excluding tert-OH is 1. The molecular formula is C9H15ClN2OS. The summed E-state index contributed by atoms with van der Waals surface area (Å²) in [6.07, 6.45) is 4.85. The van der Waals surface area contributed by atoms with E-state index in [9.17, 15) is 5.11 Å². The molecule has 0 saturated carbocycles. The smallest absolute Gasteiger partial charge is 0.0972 e. The van der Waals surface area contributed by atoms with Crippen molar-refractivity contribution >= 4 is 23.4 Å². The van der Waals surface area contributed by atoms with Crippen LogP contribution in [0.5, 0.6) is 0 Å². The van der Waals surface area contributed by atoms with Crippen molar-refractivity contribution in [3.05, 3.63) is 16.9 Å². The molecule has 0 radical (unpaired) electrons. The third-order valence-corrected chi connectivity index (χ3v) is 3.07. The fraction of sp³-hybridized carbons (Fsp3) is 0.667. The molecule has 1 rings (SSSR count). The number of aromatic nitrogens is 2. The topological polar surface area (TPSA) is 38.1 Å². The third kappa shape index (κ3) is 2.90. The lowest BCUT2D eigenvalue weighted by Crippen LogP contribution is -2.06. The largest absolute Gasteiger partial charge is 0.387 e. The number of nitrogens with zero attached hydrogens (tertiary/aromatic N) is 2. The van der Waals surface area contributed by atoms with E-state index in [2.05, 4.69) is 11.4 Å². The van der Waals surface area contributed by atoms with Gasteiger partial charge >= 0.3 is 0 Å². The van der Waals surface area contributed by atoms with Crippen LogP contribution in [-0.4, -0.2) is 26.9 Å². The number of aryl methyl sites for hydroxylation is 1. The van der Waals surface area contributed by atoms with E-state index < -0.39 is 6.10 Å². The number of hydrogen-bond acceptors (Lipinski definition) is 3. The summed E-state index contributed by atoms with van der Waals surface area (Å²) >= 11 is 7.69. The highest BCUT2D eigenvalue weighted by molar-refractivity contribution is 7.98. The SMILES string of the molecule is CSCCCC(O)c1c(Cl)cnn1C. The molecule has 5 heteroatoms. The van der Waals surface area contributed by atoms with Gasteiger partial charge in [0, 0.05) is 7.05 Å². The van der Waals surface area contributed by atoms with Crippen molar-refractivity contribution in [1.29, 1.82) is 0 Å². The van der Waals surface area contributed by atoms with Gasteiger partial charge in [-0.1, -0.05) is 11.6 Å². The summed E-state index contributed by atoms with van der Waals surface area (Å²) in [7, 11) is 1.79. The van der Waals surface area contributed by atoms with Crippen molar-refractivity contribution in [2.45, 2.75) is 18.9 Å². The summed E-state index contributed by atoms with van der Waals surface area (Å²) in [5.74, 6) is 1.06. The van der Waals surface area contributed by atoms with Crippen LogP contribution < -0.4 is 0 Å². The van der Waals surface area contributed by atoms with Crippen LogP contribution in [-0.2, 0) is 7.05 Å². The Balaban J connectivity index is 2.55. The van der Waals surface area contributed by atoms with Crippen LogP contribution in [0.25, 0.3) is 0 Å². The van der Waals surface area contributed by atoms with E-state index in [1.54, 1.807) is 29.7 Å². The molecule has 0 aliphatic carbocycles. The molecule has 1 aromatic heterocycles. The Morgan fingerprint density at radius 3 is 2.93 bits per heavy atom. The summed E-state index contributed by atoms with van der Waals surface area (Å²) in [5, 5.41) is 14.4. The van der Waals surface area contributed by atoms with Crippen molar-refractivity contribution in [3.8, 4) is 0 Å². The first-order chi connectivity index (χ1) is 6.66. The lowest BCUT2D eigenvalue weighted by Gasteiger charge is -2.10. The Morgan fingerprint density at radius 2 is 2.43 bits per heavy atom. The molecule has 3 nitrogen and oxygen atoms in total. The van der Waals surface area contributed by atoms with Gasteiger partial charge in [0.05, 0.1) is 23.0 Å². The molecular weight excluding hydrogens is 220 g/mol. The van der Waals surface area contributed by atoms with Crippen LogP contribution in [0.4, 0.5) is 0 Å². The first-order valence-corrected chi connectivity index (χ1v) is 6.28. The lowest BCUT2D eigenvalue weighted by atomic mass is 10.1. The Labute approximate surface area is 93.4 Å². The molecule has 1 unspecified atom stereocenters. The highest BCUT2D eigenvalue weighted by Gasteiger charge is 2.15. The minimum Gasteiger partial charge on any atom is -0.387 e. The zero-order valence-corrected chi connectivity index (χ0v) is 9.98. The van der Waals surface area contributed by atoms with Gasteiger partial charge in [-0.15, -0.1) is 0 Å². The molecule has 1 N–H and O–H groups in total. The van der Waals surface area contributed by atoms with Gasteiger partial charge in [-0.05, 0) is 24.9 Å². The number of aliphatic hydroxyl groups is 1. The van der Waals surface area contributed by atoms with Gasteiger partial charge in [-0.2, -0.15) is 16.9 Å². The van der Waals surface area contributed by atoms with Gasteiger partial charge in [0.25, 0.3) is 0 Å². The zero-order valence-electron chi connectivity index (χ0n) is 8.40. The molecule has 0 spiro atoms. The zero-order chi connectivity index (χ0) is 10.6. The lowest BCUT2D eigenvalue weighted by molar-refractivity contribution is 0.157. The Hall–Kier alpha value is -0.190. The molecule has 0 fully saturated rings. The van der Waals surface area contributed by atoms with E-state index >= 15 is 0 Å². The average Bonchev–Trinajstić information content (AvgIpc) is 2.46. The summed E-state index contributed by atoms with van der Waals surface area (Å²) in [6.45, 7) is 0. The monoisotopic (exact) mass is 234 g/mol. The van der Waals surface area contributed by atoms with E-state index in [4.69, 9.17) is 11.6 Å². The van der Waals surface area contributed by atoms with Crippen LogP contribution in [0.2, 0.25) is 5.02 Å². The van der Waals surface area contributed by atoms with Crippen molar-refractivity contribution in [1.82, 2.24) is 9.78 Å². The fourth-order valence-corrected chi connectivity index (χ4v) is 2.10. The first-order valence-electron chi connectivity index (χ1n) is 4.51. The third-order valence-electron chi connectivity index (χ3n) is 2.08. The summed E-state index contributed by atoms with van der Waals surface area (Å²) in [5.41, 5.74) is 0.716. The van der Waals surface area contributed by atoms with Crippen LogP contribution in [0.3, 0.4) is 0 Å².